The van der Waals surface area contributed by atoms with Gasteiger partial charge in [0.15, 0.2) is 9.84 Å². The first kappa shape index (κ1) is 23.9. The average Bonchev–Trinajstić information content (AvgIpc) is 3.09. The topological polar surface area (TPSA) is 83.6 Å². The summed E-state index contributed by atoms with van der Waals surface area (Å²) in [7, 11) is -3.66. The Hall–Kier alpha value is -1.41. The molecule has 1 aromatic rings. The number of hydrogen-bond donors (Lipinski definition) is 1. The van der Waals surface area contributed by atoms with Crippen molar-refractivity contribution in [2.75, 3.05) is 23.7 Å². The van der Waals surface area contributed by atoms with Crippen molar-refractivity contribution < 1.29 is 18.0 Å². The standard InChI is InChI=1S/C21H31BrN2O4S/c1-4-6-7-16(5-2)14-23-21(26)9-11-29(27,28)20-13-19-17(12-18(20)22)8-10-24(19)15(3)25/h12-13,16H,4-11,14H2,1-3H3,(H,23,26). The minimum Gasteiger partial charge on any atom is -0.356 e. The molecule has 0 bridgehead atoms. The molecular weight excluding hydrogens is 456 g/mol. The Morgan fingerprint density at radius 1 is 1.28 bits per heavy atom. The van der Waals surface area contributed by atoms with Gasteiger partial charge in [-0.05, 0) is 52.4 Å². The minimum absolute atomic E-state index is 0.0769. The Morgan fingerprint density at radius 3 is 2.62 bits per heavy atom. The molecular formula is C21H31BrN2O4S. The van der Waals surface area contributed by atoms with Crippen LogP contribution < -0.4 is 10.2 Å². The second-order valence-corrected chi connectivity index (χ2v) is 10.6. The summed E-state index contributed by atoms with van der Waals surface area (Å²) in [6.07, 6.45) is 4.94. The van der Waals surface area contributed by atoms with Gasteiger partial charge >= 0.3 is 0 Å². The number of sulfone groups is 1. The SMILES string of the molecule is CCCCC(CC)CNC(=O)CCS(=O)(=O)c1cc2c(cc1Br)CCN2C(C)=O. The molecule has 1 aromatic carbocycles. The molecule has 1 N–H and O–H groups in total. The monoisotopic (exact) mass is 486 g/mol. The lowest BCUT2D eigenvalue weighted by Crippen LogP contribution is -2.30. The van der Waals surface area contributed by atoms with E-state index in [2.05, 4.69) is 35.1 Å². The summed E-state index contributed by atoms with van der Waals surface area (Å²) in [5.41, 5.74) is 1.59. The third-order valence-corrected chi connectivity index (χ3v) is 8.14. The third kappa shape index (κ3) is 6.28. The second kappa shape index (κ2) is 10.6. The van der Waals surface area contributed by atoms with Crippen molar-refractivity contribution in [3.05, 3.63) is 22.2 Å². The lowest BCUT2D eigenvalue weighted by molar-refractivity contribution is -0.121. The lowest BCUT2D eigenvalue weighted by Gasteiger charge is -2.17. The van der Waals surface area contributed by atoms with E-state index in [1.165, 1.54) is 6.92 Å². The van der Waals surface area contributed by atoms with E-state index in [4.69, 9.17) is 0 Å². The maximum absolute atomic E-state index is 12.9. The molecule has 1 unspecified atom stereocenters. The number of nitrogens with one attached hydrogen (secondary N) is 1. The number of hydrogen-bond acceptors (Lipinski definition) is 4. The molecule has 0 aromatic heterocycles. The smallest absolute Gasteiger partial charge is 0.223 e. The zero-order chi connectivity index (χ0) is 21.6. The van der Waals surface area contributed by atoms with Crippen LogP contribution in [0.25, 0.3) is 0 Å². The van der Waals surface area contributed by atoms with Crippen LogP contribution in [-0.4, -0.2) is 39.1 Å². The molecule has 0 spiro atoms. The van der Waals surface area contributed by atoms with Crippen molar-refractivity contribution in [3.63, 3.8) is 0 Å². The van der Waals surface area contributed by atoms with Gasteiger partial charge < -0.3 is 10.2 Å². The van der Waals surface area contributed by atoms with Crippen molar-refractivity contribution >= 4 is 43.3 Å². The summed E-state index contributed by atoms with van der Waals surface area (Å²) in [4.78, 5) is 25.7. The van der Waals surface area contributed by atoms with Crippen molar-refractivity contribution in [1.29, 1.82) is 0 Å². The fourth-order valence-corrected chi connectivity index (χ4v) is 6.03. The van der Waals surface area contributed by atoms with Gasteiger partial charge in [0.05, 0.1) is 10.6 Å². The summed E-state index contributed by atoms with van der Waals surface area (Å²) in [6.45, 7) is 6.86. The van der Waals surface area contributed by atoms with Crippen LogP contribution in [-0.2, 0) is 25.8 Å². The zero-order valence-corrected chi connectivity index (χ0v) is 19.9. The number of carbonyl (C=O) groups is 2. The molecule has 162 valence electrons. The molecule has 1 atom stereocenters. The lowest BCUT2D eigenvalue weighted by atomic mass is 9.99. The predicted molar refractivity (Wildman–Crippen MR) is 119 cm³/mol. The normalized spacial score (nSPS) is 14.6. The third-order valence-electron chi connectivity index (χ3n) is 5.47. The highest BCUT2D eigenvalue weighted by atomic mass is 79.9. The second-order valence-electron chi connectivity index (χ2n) is 7.62. The molecule has 1 aliphatic heterocycles. The van der Waals surface area contributed by atoms with Gasteiger partial charge in [-0.2, -0.15) is 0 Å². The van der Waals surface area contributed by atoms with Gasteiger partial charge in [0.2, 0.25) is 11.8 Å². The van der Waals surface area contributed by atoms with E-state index in [0.29, 0.717) is 35.6 Å². The van der Waals surface area contributed by atoms with E-state index < -0.39 is 9.84 Å². The quantitative estimate of drug-likeness (QED) is 0.544. The highest BCUT2D eigenvalue weighted by Crippen LogP contribution is 2.36. The number of unbranched alkanes of at least 4 members (excludes halogenated alkanes) is 1. The van der Waals surface area contributed by atoms with Crippen molar-refractivity contribution in [3.8, 4) is 0 Å². The molecule has 1 heterocycles. The number of nitrogens with zero attached hydrogens (tertiary/aromatic N) is 1. The summed E-state index contributed by atoms with van der Waals surface area (Å²) < 4.78 is 26.2. The number of fused-ring (bicyclic) bond motifs is 1. The van der Waals surface area contributed by atoms with Crippen LogP contribution in [0.4, 0.5) is 5.69 Å². The van der Waals surface area contributed by atoms with Gasteiger partial charge in [0.1, 0.15) is 0 Å². The molecule has 8 heteroatoms. The Morgan fingerprint density at radius 2 is 2.00 bits per heavy atom. The first-order valence-corrected chi connectivity index (χ1v) is 12.7. The van der Waals surface area contributed by atoms with Gasteiger partial charge in [0, 0.05) is 36.6 Å². The highest BCUT2D eigenvalue weighted by Gasteiger charge is 2.27. The van der Waals surface area contributed by atoms with E-state index in [-0.39, 0.29) is 28.9 Å². The maximum Gasteiger partial charge on any atom is 0.223 e. The minimum atomic E-state index is -3.66. The number of anilines is 1. The van der Waals surface area contributed by atoms with Crippen LogP contribution in [0.1, 0.15) is 58.4 Å². The van der Waals surface area contributed by atoms with E-state index >= 15 is 0 Å². The van der Waals surface area contributed by atoms with Crippen molar-refractivity contribution in [2.24, 2.45) is 5.92 Å². The highest BCUT2D eigenvalue weighted by molar-refractivity contribution is 9.10. The fraction of sp³-hybridized carbons (Fsp3) is 0.619. The maximum atomic E-state index is 12.9. The van der Waals surface area contributed by atoms with Crippen LogP contribution in [0.5, 0.6) is 0 Å². The fourth-order valence-electron chi connectivity index (χ4n) is 3.58. The molecule has 0 aliphatic carbocycles. The predicted octanol–water partition coefficient (Wildman–Crippen LogP) is 3.85. The van der Waals surface area contributed by atoms with Gasteiger partial charge in [-0.15, -0.1) is 0 Å². The van der Waals surface area contributed by atoms with Crippen LogP contribution >= 0.6 is 15.9 Å². The summed E-state index contributed by atoms with van der Waals surface area (Å²) in [6, 6.07) is 3.32. The molecule has 0 radical (unpaired) electrons. The van der Waals surface area contributed by atoms with E-state index in [9.17, 15) is 18.0 Å². The Balaban J connectivity index is 2.02. The van der Waals surface area contributed by atoms with Crippen LogP contribution in [0.3, 0.4) is 0 Å². The van der Waals surface area contributed by atoms with Crippen molar-refractivity contribution in [1.82, 2.24) is 5.32 Å². The van der Waals surface area contributed by atoms with Gasteiger partial charge in [0.25, 0.3) is 0 Å². The van der Waals surface area contributed by atoms with Gasteiger partial charge in [-0.1, -0.05) is 33.1 Å². The first-order valence-electron chi connectivity index (χ1n) is 10.3. The Labute approximate surface area is 182 Å². The summed E-state index contributed by atoms with van der Waals surface area (Å²) >= 11 is 3.35. The number of carbonyl (C=O) groups excluding carboxylic acids is 2. The molecule has 2 amide bonds. The van der Waals surface area contributed by atoms with E-state index in [0.717, 1.165) is 31.2 Å². The van der Waals surface area contributed by atoms with E-state index in [1.807, 2.05) is 0 Å². The zero-order valence-electron chi connectivity index (χ0n) is 17.5. The van der Waals surface area contributed by atoms with Crippen LogP contribution in [0.2, 0.25) is 0 Å². The average molecular weight is 487 g/mol. The molecule has 2 rings (SSSR count). The Kier molecular flexibility index (Phi) is 8.70. The van der Waals surface area contributed by atoms with Gasteiger partial charge in [-0.3, -0.25) is 9.59 Å². The van der Waals surface area contributed by atoms with Gasteiger partial charge in [-0.25, -0.2) is 8.42 Å². The molecule has 0 fully saturated rings. The Bertz CT molecular complexity index is 854. The largest absolute Gasteiger partial charge is 0.356 e. The molecule has 1 aliphatic rings. The molecule has 6 nitrogen and oxygen atoms in total. The molecule has 29 heavy (non-hydrogen) atoms. The molecule has 0 saturated heterocycles. The number of rotatable bonds is 10. The van der Waals surface area contributed by atoms with Crippen LogP contribution in [0, 0.1) is 5.92 Å². The number of amides is 2. The molecule has 0 saturated carbocycles. The van der Waals surface area contributed by atoms with Crippen LogP contribution in [0.15, 0.2) is 21.5 Å². The summed E-state index contributed by atoms with van der Waals surface area (Å²) in [5, 5.41) is 2.88. The van der Waals surface area contributed by atoms with E-state index in [1.54, 1.807) is 17.0 Å². The number of benzene rings is 1. The number of halogens is 1. The summed E-state index contributed by atoms with van der Waals surface area (Å²) in [5.74, 6) is -0.186. The first-order chi connectivity index (χ1) is 13.7. The van der Waals surface area contributed by atoms with Crippen molar-refractivity contribution in [2.45, 2.75) is 64.2 Å².